The standard InChI is InChI=1S/C12H20N2O/c1-10-5-6-14(11(2)8-13-10)9-12-4-3-7-15-12/h3-4,7,10-11,13H,5-6,8-9H2,1-2H3. The summed E-state index contributed by atoms with van der Waals surface area (Å²) in [6.45, 7) is 7.68. The van der Waals surface area contributed by atoms with E-state index in [0.29, 0.717) is 12.1 Å². The average Bonchev–Trinajstić information content (AvgIpc) is 2.67. The zero-order valence-corrected chi connectivity index (χ0v) is 9.57. The van der Waals surface area contributed by atoms with Crippen LogP contribution in [-0.2, 0) is 6.54 Å². The van der Waals surface area contributed by atoms with Gasteiger partial charge in [-0.1, -0.05) is 0 Å². The molecule has 3 nitrogen and oxygen atoms in total. The fourth-order valence-corrected chi connectivity index (χ4v) is 2.02. The second-order valence-electron chi connectivity index (χ2n) is 4.50. The van der Waals surface area contributed by atoms with E-state index < -0.39 is 0 Å². The van der Waals surface area contributed by atoms with Crippen LogP contribution in [0.4, 0.5) is 0 Å². The van der Waals surface area contributed by atoms with E-state index in [1.165, 1.54) is 6.42 Å². The maximum atomic E-state index is 5.39. The summed E-state index contributed by atoms with van der Waals surface area (Å²) >= 11 is 0. The van der Waals surface area contributed by atoms with Crippen LogP contribution < -0.4 is 5.32 Å². The van der Waals surface area contributed by atoms with Gasteiger partial charge in [-0.25, -0.2) is 0 Å². The fourth-order valence-electron chi connectivity index (χ4n) is 2.02. The van der Waals surface area contributed by atoms with E-state index in [4.69, 9.17) is 4.42 Å². The van der Waals surface area contributed by atoms with Gasteiger partial charge >= 0.3 is 0 Å². The lowest BCUT2D eigenvalue weighted by atomic mass is 10.2. The lowest BCUT2D eigenvalue weighted by Crippen LogP contribution is -2.37. The quantitative estimate of drug-likeness (QED) is 0.804. The van der Waals surface area contributed by atoms with Crippen LogP contribution in [0.3, 0.4) is 0 Å². The molecule has 1 saturated heterocycles. The molecule has 1 fully saturated rings. The van der Waals surface area contributed by atoms with Crippen molar-refractivity contribution in [1.29, 1.82) is 0 Å². The van der Waals surface area contributed by atoms with Crippen LogP contribution in [0.5, 0.6) is 0 Å². The van der Waals surface area contributed by atoms with Crippen molar-refractivity contribution in [1.82, 2.24) is 10.2 Å². The van der Waals surface area contributed by atoms with Crippen LogP contribution in [0.15, 0.2) is 22.8 Å². The smallest absolute Gasteiger partial charge is 0.117 e. The van der Waals surface area contributed by atoms with Crippen LogP contribution >= 0.6 is 0 Å². The van der Waals surface area contributed by atoms with Gasteiger partial charge in [-0.15, -0.1) is 0 Å². The summed E-state index contributed by atoms with van der Waals surface area (Å²) < 4.78 is 5.39. The number of hydrogen-bond acceptors (Lipinski definition) is 3. The first kappa shape index (κ1) is 10.7. The third-order valence-electron chi connectivity index (χ3n) is 3.17. The second kappa shape index (κ2) is 4.81. The molecule has 1 N–H and O–H groups in total. The van der Waals surface area contributed by atoms with Gasteiger partial charge in [-0.05, 0) is 32.4 Å². The van der Waals surface area contributed by atoms with Crippen molar-refractivity contribution in [2.75, 3.05) is 13.1 Å². The minimum absolute atomic E-state index is 0.583. The van der Waals surface area contributed by atoms with Crippen LogP contribution in [-0.4, -0.2) is 30.1 Å². The highest BCUT2D eigenvalue weighted by Gasteiger charge is 2.20. The molecule has 2 atom stereocenters. The molecule has 0 aromatic carbocycles. The van der Waals surface area contributed by atoms with Crippen LogP contribution in [0.1, 0.15) is 26.0 Å². The summed E-state index contributed by atoms with van der Waals surface area (Å²) in [5, 5.41) is 3.53. The van der Waals surface area contributed by atoms with E-state index in [-0.39, 0.29) is 0 Å². The SMILES string of the molecule is CC1CCN(Cc2ccco2)C(C)CN1. The van der Waals surface area contributed by atoms with Gasteiger partial charge in [0.2, 0.25) is 0 Å². The van der Waals surface area contributed by atoms with Gasteiger partial charge in [0.25, 0.3) is 0 Å². The Morgan fingerprint density at radius 1 is 1.53 bits per heavy atom. The molecular formula is C12H20N2O. The van der Waals surface area contributed by atoms with Crippen molar-refractivity contribution in [3.8, 4) is 0 Å². The van der Waals surface area contributed by atoms with Crippen LogP contribution in [0.25, 0.3) is 0 Å². The summed E-state index contributed by atoms with van der Waals surface area (Å²) in [5.41, 5.74) is 0. The second-order valence-corrected chi connectivity index (χ2v) is 4.50. The number of rotatable bonds is 2. The molecule has 1 aliphatic rings. The number of nitrogens with zero attached hydrogens (tertiary/aromatic N) is 1. The Morgan fingerprint density at radius 3 is 3.13 bits per heavy atom. The molecule has 0 spiro atoms. The van der Waals surface area contributed by atoms with Crippen molar-refractivity contribution in [3.05, 3.63) is 24.2 Å². The normalized spacial score (nSPS) is 28.9. The monoisotopic (exact) mass is 208 g/mol. The van der Waals surface area contributed by atoms with E-state index >= 15 is 0 Å². The Balaban J connectivity index is 1.95. The van der Waals surface area contributed by atoms with Gasteiger partial charge in [0.05, 0.1) is 12.8 Å². The first-order valence-corrected chi connectivity index (χ1v) is 5.75. The average molecular weight is 208 g/mol. The first-order chi connectivity index (χ1) is 7.25. The first-order valence-electron chi connectivity index (χ1n) is 5.75. The number of furan rings is 1. The Bertz CT molecular complexity index is 284. The van der Waals surface area contributed by atoms with E-state index in [1.807, 2.05) is 6.07 Å². The Hall–Kier alpha value is -0.800. The van der Waals surface area contributed by atoms with Crippen molar-refractivity contribution >= 4 is 0 Å². The molecule has 84 valence electrons. The lowest BCUT2D eigenvalue weighted by molar-refractivity contribution is 0.197. The van der Waals surface area contributed by atoms with Crippen LogP contribution in [0.2, 0.25) is 0 Å². The molecule has 0 aliphatic carbocycles. The summed E-state index contributed by atoms with van der Waals surface area (Å²) in [4.78, 5) is 2.48. The van der Waals surface area contributed by atoms with E-state index in [0.717, 1.165) is 25.4 Å². The number of nitrogens with one attached hydrogen (secondary N) is 1. The molecule has 0 bridgehead atoms. The van der Waals surface area contributed by atoms with Gasteiger partial charge < -0.3 is 9.73 Å². The summed E-state index contributed by atoms with van der Waals surface area (Å²) in [6, 6.07) is 5.22. The fraction of sp³-hybridized carbons (Fsp3) is 0.667. The highest BCUT2D eigenvalue weighted by atomic mass is 16.3. The highest BCUT2D eigenvalue weighted by Crippen LogP contribution is 2.12. The molecule has 0 saturated carbocycles. The van der Waals surface area contributed by atoms with E-state index in [9.17, 15) is 0 Å². The van der Waals surface area contributed by atoms with Crippen molar-refractivity contribution < 1.29 is 4.42 Å². The molecule has 2 heterocycles. The zero-order valence-electron chi connectivity index (χ0n) is 9.57. The lowest BCUT2D eigenvalue weighted by Gasteiger charge is -2.25. The molecule has 1 aromatic rings. The predicted molar refractivity (Wildman–Crippen MR) is 60.7 cm³/mol. The van der Waals surface area contributed by atoms with E-state index in [2.05, 4.69) is 30.1 Å². The Labute approximate surface area is 91.4 Å². The Kier molecular flexibility index (Phi) is 3.44. The maximum absolute atomic E-state index is 5.39. The molecule has 0 radical (unpaired) electrons. The number of hydrogen-bond donors (Lipinski definition) is 1. The zero-order chi connectivity index (χ0) is 10.7. The van der Waals surface area contributed by atoms with Crippen molar-refractivity contribution in [2.45, 2.75) is 38.9 Å². The van der Waals surface area contributed by atoms with Crippen molar-refractivity contribution in [3.63, 3.8) is 0 Å². The third kappa shape index (κ3) is 2.83. The maximum Gasteiger partial charge on any atom is 0.117 e. The molecule has 0 amide bonds. The predicted octanol–water partition coefficient (Wildman–Crippen LogP) is 1.85. The van der Waals surface area contributed by atoms with Gasteiger partial charge in [0, 0.05) is 25.2 Å². The molecule has 2 rings (SSSR count). The summed E-state index contributed by atoms with van der Waals surface area (Å²) in [5.74, 6) is 1.07. The van der Waals surface area contributed by atoms with Crippen molar-refractivity contribution in [2.24, 2.45) is 0 Å². The van der Waals surface area contributed by atoms with Gasteiger partial charge in [-0.2, -0.15) is 0 Å². The van der Waals surface area contributed by atoms with Gasteiger partial charge in [0.1, 0.15) is 5.76 Å². The molecule has 1 aliphatic heterocycles. The molecule has 2 unspecified atom stereocenters. The Morgan fingerprint density at radius 2 is 2.40 bits per heavy atom. The molecule has 1 aromatic heterocycles. The topological polar surface area (TPSA) is 28.4 Å². The molecule has 15 heavy (non-hydrogen) atoms. The summed E-state index contributed by atoms with van der Waals surface area (Å²) in [7, 11) is 0. The van der Waals surface area contributed by atoms with Gasteiger partial charge in [-0.3, -0.25) is 4.90 Å². The summed E-state index contributed by atoms with van der Waals surface area (Å²) in [6.07, 6.45) is 2.96. The third-order valence-corrected chi connectivity index (χ3v) is 3.17. The van der Waals surface area contributed by atoms with Crippen LogP contribution in [0, 0.1) is 0 Å². The molecule has 3 heteroatoms. The molecular weight excluding hydrogens is 188 g/mol. The van der Waals surface area contributed by atoms with E-state index in [1.54, 1.807) is 6.26 Å². The highest BCUT2D eigenvalue weighted by molar-refractivity contribution is 4.98. The largest absolute Gasteiger partial charge is 0.468 e. The van der Waals surface area contributed by atoms with Gasteiger partial charge in [0.15, 0.2) is 0 Å². The minimum Gasteiger partial charge on any atom is -0.468 e. The minimum atomic E-state index is 0.583.